The molecule has 13 heavy (non-hydrogen) atoms. The molecule has 1 atom stereocenters. The Bertz CT molecular complexity index is 294. The zero-order valence-corrected chi connectivity index (χ0v) is 7.90. The minimum Gasteiger partial charge on any atom is -0.481 e. The van der Waals surface area contributed by atoms with Crippen LogP contribution in [0.5, 0.6) is 0 Å². The van der Waals surface area contributed by atoms with Crippen molar-refractivity contribution in [2.24, 2.45) is 13.0 Å². The van der Waals surface area contributed by atoms with Crippen LogP contribution in [-0.2, 0) is 18.3 Å². The van der Waals surface area contributed by atoms with Gasteiger partial charge in [0.05, 0.1) is 12.2 Å². The zero-order valence-electron chi connectivity index (χ0n) is 7.90. The Balaban J connectivity index is 2.44. The summed E-state index contributed by atoms with van der Waals surface area (Å²) in [5.41, 5.74) is 1.08. The fourth-order valence-electron chi connectivity index (χ4n) is 1.11. The molecule has 0 unspecified atom stereocenters. The van der Waals surface area contributed by atoms with Gasteiger partial charge in [0.15, 0.2) is 0 Å². The first-order valence-corrected chi connectivity index (χ1v) is 4.29. The highest BCUT2D eigenvalue weighted by Gasteiger charge is 2.11. The van der Waals surface area contributed by atoms with E-state index in [4.69, 9.17) is 5.11 Å². The lowest BCUT2D eigenvalue weighted by atomic mass is 10.1. The second-order valence-electron chi connectivity index (χ2n) is 3.27. The Hall–Kier alpha value is -1.32. The molecule has 72 valence electrons. The van der Waals surface area contributed by atoms with Crippen LogP contribution in [0.3, 0.4) is 0 Å². The minimum absolute atomic E-state index is 0.283. The molecule has 0 saturated carbocycles. The summed E-state index contributed by atoms with van der Waals surface area (Å²) >= 11 is 0. The van der Waals surface area contributed by atoms with Crippen LogP contribution < -0.4 is 0 Å². The Kier molecular flexibility index (Phi) is 3.06. The molecule has 1 heterocycles. The lowest BCUT2D eigenvalue weighted by Gasteiger charge is -2.05. The van der Waals surface area contributed by atoms with Crippen molar-refractivity contribution in [3.8, 4) is 0 Å². The summed E-state index contributed by atoms with van der Waals surface area (Å²) in [6.07, 6.45) is 4.92. The third kappa shape index (κ3) is 2.57. The molecule has 0 aliphatic heterocycles. The maximum atomic E-state index is 10.5. The van der Waals surface area contributed by atoms with Crippen molar-refractivity contribution < 1.29 is 9.90 Å². The summed E-state index contributed by atoms with van der Waals surface area (Å²) in [5.74, 6) is -1.02. The number of hydrogen-bond donors (Lipinski definition) is 1. The van der Waals surface area contributed by atoms with Gasteiger partial charge < -0.3 is 9.67 Å². The molecule has 0 spiro atoms. The maximum absolute atomic E-state index is 10.5. The summed E-state index contributed by atoms with van der Waals surface area (Å²) in [5, 5.41) is 8.66. The number of rotatable bonds is 4. The maximum Gasteiger partial charge on any atom is 0.306 e. The highest BCUT2D eigenvalue weighted by molar-refractivity contribution is 5.69. The standard InChI is InChI=1S/C9H14N2O2/c1-7(9(12)13)3-4-8-5-10-6-11(8)2/h5-7H,3-4H2,1-2H3,(H,12,13)/t7-/m0/s1. The largest absolute Gasteiger partial charge is 0.481 e. The fourth-order valence-corrected chi connectivity index (χ4v) is 1.11. The van der Waals surface area contributed by atoms with E-state index >= 15 is 0 Å². The first kappa shape index (κ1) is 9.77. The molecule has 0 fully saturated rings. The third-order valence-corrected chi connectivity index (χ3v) is 2.17. The number of carboxylic acid groups (broad SMARTS) is 1. The molecule has 0 saturated heterocycles. The van der Waals surface area contributed by atoms with Crippen LogP contribution in [0.25, 0.3) is 0 Å². The molecule has 1 aromatic heterocycles. The van der Waals surface area contributed by atoms with E-state index < -0.39 is 5.97 Å². The Labute approximate surface area is 77.2 Å². The lowest BCUT2D eigenvalue weighted by Crippen LogP contribution is -2.11. The van der Waals surface area contributed by atoms with Crippen molar-refractivity contribution >= 4 is 5.97 Å². The Morgan fingerprint density at radius 2 is 2.46 bits per heavy atom. The number of imidazole rings is 1. The van der Waals surface area contributed by atoms with Gasteiger partial charge >= 0.3 is 5.97 Å². The van der Waals surface area contributed by atoms with Crippen LogP contribution >= 0.6 is 0 Å². The second-order valence-corrected chi connectivity index (χ2v) is 3.27. The van der Waals surface area contributed by atoms with E-state index in [2.05, 4.69) is 4.98 Å². The average molecular weight is 182 g/mol. The highest BCUT2D eigenvalue weighted by Crippen LogP contribution is 2.08. The molecule has 0 aliphatic rings. The van der Waals surface area contributed by atoms with E-state index in [0.717, 1.165) is 12.1 Å². The van der Waals surface area contributed by atoms with Crippen LogP contribution in [0, 0.1) is 5.92 Å². The van der Waals surface area contributed by atoms with Gasteiger partial charge in [0, 0.05) is 18.9 Å². The quantitative estimate of drug-likeness (QED) is 0.757. The smallest absolute Gasteiger partial charge is 0.306 e. The molecule has 4 heteroatoms. The van der Waals surface area contributed by atoms with Crippen LogP contribution in [0.4, 0.5) is 0 Å². The van der Waals surface area contributed by atoms with Crippen LogP contribution in [0.1, 0.15) is 19.0 Å². The van der Waals surface area contributed by atoms with Crippen molar-refractivity contribution in [3.63, 3.8) is 0 Å². The van der Waals surface area contributed by atoms with Gasteiger partial charge in [-0.3, -0.25) is 4.79 Å². The summed E-state index contributed by atoms with van der Waals surface area (Å²) in [6.45, 7) is 1.72. The van der Waals surface area contributed by atoms with Gasteiger partial charge in [-0.25, -0.2) is 4.98 Å². The molecule has 0 aliphatic carbocycles. The number of aromatic nitrogens is 2. The molecular weight excluding hydrogens is 168 g/mol. The molecule has 0 aromatic carbocycles. The van der Waals surface area contributed by atoms with Gasteiger partial charge in [-0.1, -0.05) is 6.92 Å². The third-order valence-electron chi connectivity index (χ3n) is 2.17. The monoisotopic (exact) mass is 182 g/mol. The number of carboxylic acids is 1. The summed E-state index contributed by atoms with van der Waals surface area (Å²) in [6, 6.07) is 0. The van der Waals surface area contributed by atoms with Gasteiger partial charge in [0.1, 0.15) is 0 Å². The molecule has 1 rings (SSSR count). The first-order chi connectivity index (χ1) is 6.11. The van der Waals surface area contributed by atoms with Gasteiger partial charge in [-0.05, 0) is 12.8 Å². The number of aliphatic carboxylic acids is 1. The van der Waals surface area contributed by atoms with Crippen molar-refractivity contribution in [3.05, 3.63) is 18.2 Å². The number of carbonyl (C=O) groups is 1. The van der Waals surface area contributed by atoms with Gasteiger partial charge in [0.2, 0.25) is 0 Å². The van der Waals surface area contributed by atoms with E-state index in [0.29, 0.717) is 6.42 Å². The summed E-state index contributed by atoms with van der Waals surface area (Å²) < 4.78 is 1.91. The van der Waals surface area contributed by atoms with E-state index in [1.807, 2.05) is 11.6 Å². The number of hydrogen-bond acceptors (Lipinski definition) is 2. The lowest BCUT2D eigenvalue weighted by molar-refractivity contribution is -0.141. The molecule has 0 bridgehead atoms. The zero-order chi connectivity index (χ0) is 9.84. The van der Waals surface area contributed by atoms with E-state index in [-0.39, 0.29) is 5.92 Å². The van der Waals surface area contributed by atoms with Crippen LogP contribution in [0.2, 0.25) is 0 Å². The number of aryl methyl sites for hydroxylation is 2. The predicted octanol–water partition coefficient (Wildman–Crippen LogP) is 1.07. The molecular formula is C9H14N2O2. The van der Waals surface area contributed by atoms with Crippen molar-refractivity contribution in [2.75, 3.05) is 0 Å². The predicted molar refractivity (Wildman–Crippen MR) is 48.3 cm³/mol. The van der Waals surface area contributed by atoms with Crippen molar-refractivity contribution in [1.82, 2.24) is 9.55 Å². The van der Waals surface area contributed by atoms with Crippen LogP contribution in [-0.4, -0.2) is 20.6 Å². The Morgan fingerprint density at radius 1 is 1.77 bits per heavy atom. The first-order valence-electron chi connectivity index (χ1n) is 4.29. The van der Waals surface area contributed by atoms with E-state index in [9.17, 15) is 4.79 Å². The Morgan fingerprint density at radius 3 is 2.92 bits per heavy atom. The van der Waals surface area contributed by atoms with E-state index in [1.165, 1.54) is 0 Å². The van der Waals surface area contributed by atoms with Crippen molar-refractivity contribution in [2.45, 2.75) is 19.8 Å². The second kappa shape index (κ2) is 4.07. The van der Waals surface area contributed by atoms with Crippen LogP contribution in [0.15, 0.2) is 12.5 Å². The number of nitrogens with zero attached hydrogens (tertiary/aromatic N) is 2. The van der Waals surface area contributed by atoms with Crippen molar-refractivity contribution in [1.29, 1.82) is 0 Å². The van der Waals surface area contributed by atoms with Gasteiger partial charge in [0.25, 0.3) is 0 Å². The molecule has 4 nitrogen and oxygen atoms in total. The highest BCUT2D eigenvalue weighted by atomic mass is 16.4. The van der Waals surface area contributed by atoms with E-state index in [1.54, 1.807) is 19.4 Å². The topological polar surface area (TPSA) is 55.1 Å². The SMILES string of the molecule is C[C@@H](CCc1cncn1C)C(=O)O. The molecule has 0 radical (unpaired) electrons. The van der Waals surface area contributed by atoms with Gasteiger partial charge in [-0.15, -0.1) is 0 Å². The minimum atomic E-state index is -0.734. The molecule has 1 N–H and O–H groups in total. The normalized spacial score (nSPS) is 12.8. The summed E-state index contributed by atoms with van der Waals surface area (Å²) in [7, 11) is 1.91. The molecule has 0 amide bonds. The van der Waals surface area contributed by atoms with Gasteiger partial charge in [-0.2, -0.15) is 0 Å². The fraction of sp³-hybridized carbons (Fsp3) is 0.556. The summed E-state index contributed by atoms with van der Waals surface area (Å²) in [4.78, 5) is 14.5. The average Bonchev–Trinajstić information content (AvgIpc) is 2.47. The molecule has 1 aromatic rings.